The minimum atomic E-state index is -1.24. The third-order valence-corrected chi connectivity index (χ3v) is 6.31. The molecular weight excluding hydrogens is 328 g/mol. The second-order valence-corrected chi connectivity index (χ2v) is 8.87. The van der Waals surface area contributed by atoms with Crippen LogP contribution in [0.15, 0.2) is 51.5 Å². The number of aromatic nitrogens is 2. The summed E-state index contributed by atoms with van der Waals surface area (Å²) in [6, 6.07) is 9.75. The molecule has 0 aliphatic rings. The van der Waals surface area contributed by atoms with Gasteiger partial charge < -0.3 is 4.42 Å². The second-order valence-electron chi connectivity index (χ2n) is 6.21. The molecule has 4 nitrogen and oxygen atoms in total. The summed E-state index contributed by atoms with van der Waals surface area (Å²) in [7, 11) is -1.24. The first-order valence-electron chi connectivity index (χ1n) is 7.28. The van der Waals surface area contributed by atoms with Gasteiger partial charge in [0.15, 0.2) is 10.1 Å². The van der Waals surface area contributed by atoms with Crippen molar-refractivity contribution >= 4 is 22.1 Å². The second kappa shape index (κ2) is 6.37. The molecule has 0 bridgehead atoms. The van der Waals surface area contributed by atoms with Crippen LogP contribution in [0.3, 0.4) is 0 Å². The summed E-state index contributed by atoms with van der Waals surface area (Å²) in [5.41, 5.74) is 0.977. The maximum atomic E-state index is 12.5. The Bertz CT molecular complexity index is 816. The average Bonchev–Trinajstić information content (AvgIpc) is 3.17. The maximum absolute atomic E-state index is 12.5. The van der Waals surface area contributed by atoms with Crippen LogP contribution in [-0.4, -0.2) is 14.2 Å². The number of hydrogen-bond donors (Lipinski definition) is 0. The average molecular weight is 346 g/mol. The van der Waals surface area contributed by atoms with Crippen LogP contribution in [0.25, 0.3) is 11.3 Å². The number of nitrogens with zero attached hydrogens (tertiary/aromatic N) is 2. The molecule has 0 aliphatic carbocycles. The largest absolute Gasteiger partial charge is 0.440 e. The van der Waals surface area contributed by atoms with Crippen molar-refractivity contribution in [3.8, 4) is 11.3 Å². The number of thiazole rings is 1. The molecule has 1 aromatic carbocycles. The molecule has 6 heteroatoms. The Morgan fingerprint density at radius 2 is 1.87 bits per heavy atom. The van der Waals surface area contributed by atoms with E-state index in [9.17, 15) is 4.21 Å². The lowest BCUT2D eigenvalue weighted by atomic mass is 9.96. The van der Waals surface area contributed by atoms with E-state index in [-0.39, 0.29) is 11.2 Å². The third kappa shape index (κ3) is 3.76. The Balaban J connectivity index is 1.74. The molecule has 0 N–H and O–H groups in total. The molecule has 3 aromatic rings. The summed E-state index contributed by atoms with van der Waals surface area (Å²) in [6.07, 6.45) is 3.48. The normalized spacial score (nSPS) is 13.2. The fraction of sp³-hybridized carbons (Fsp3) is 0.294. The van der Waals surface area contributed by atoms with Crippen molar-refractivity contribution < 1.29 is 8.63 Å². The Labute approximate surface area is 142 Å². The Morgan fingerprint density at radius 3 is 2.52 bits per heavy atom. The van der Waals surface area contributed by atoms with Crippen molar-refractivity contribution in [1.29, 1.82) is 0 Å². The monoisotopic (exact) mass is 346 g/mol. The van der Waals surface area contributed by atoms with E-state index >= 15 is 0 Å². The number of rotatable bonds is 4. The van der Waals surface area contributed by atoms with Gasteiger partial charge in [0, 0.05) is 16.6 Å². The van der Waals surface area contributed by atoms with Gasteiger partial charge in [0.1, 0.15) is 5.75 Å². The molecule has 0 amide bonds. The first kappa shape index (κ1) is 16.1. The van der Waals surface area contributed by atoms with E-state index in [1.54, 1.807) is 6.20 Å². The molecule has 2 heterocycles. The van der Waals surface area contributed by atoms with Crippen LogP contribution < -0.4 is 0 Å². The first-order valence-corrected chi connectivity index (χ1v) is 9.42. The molecule has 0 aliphatic heterocycles. The van der Waals surface area contributed by atoms with Crippen LogP contribution in [0.4, 0.5) is 0 Å². The third-order valence-electron chi connectivity index (χ3n) is 3.28. The number of benzene rings is 1. The Morgan fingerprint density at radius 1 is 1.13 bits per heavy atom. The van der Waals surface area contributed by atoms with Crippen molar-refractivity contribution in [2.45, 2.75) is 36.3 Å². The van der Waals surface area contributed by atoms with E-state index in [2.05, 4.69) is 30.7 Å². The van der Waals surface area contributed by atoms with Crippen LogP contribution in [0, 0.1) is 0 Å². The van der Waals surface area contributed by atoms with Crippen molar-refractivity contribution in [1.82, 2.24) is 9.97 Å². The zero-order valence-corrected chi connectivity index (χ0v) is 14.9. The molecule has 0 saturated heterocycles. The molecule has 120 valence electrons. The molecule has 2 aromatic heterocycles. The highest BCUT2D eigenvalue weighted by Crippen LogP contribution is 2.30. The zero-order chi connectivity index (χ0) is 16.4. The Kier molecular flexibility index (Phi) is 4.46. The van der Waals surface area contributed by atoms with Crippen LogP contribution in [-0.2, 0) is 22.0 Å². The summed E-state index contributed by atoms with van der Waals surface area (Å²) in [4.78, 5) is 9.65. The minimum absolute atomic E-state index is 0.0174. The fourth-order valence-corrected chi connectivity index (χ4v) is 4.17. The van der Waals surface area contributed by atoms with Gasteiger partial charge in [-0.1, -0.05) is 51.1 Å². The van der Waals surface area contributed by atoms with Gasteiger partial charge in [0.2, 0.25) is 5.89 Å². The predicted octanol–water partition coefficient (Wildman–Crippen LogP) is 4.40. The van der Waals surface area contributed by atoms with Crippen molar-refractivity contribution in [3.63, 3.8) is 0 Å². The van der Waals surface area contributed by atoms with Crippen molar-refractivity contribution in [2.75, 3.05) is 0 Å². The molecule has 0 radical (unpaired) electrons. The Hall–Kier alpha value is -1.79. The predicted molar refractivity (Wildman–Crippen MR) is 92.9 cm³/mol. The van der Waals surface area contributed by atoms with E-state index in [0.717, 1.165) is 10.4 Å². The van der Waals surface area contributed by atoms with Crippen molar-refractivity contribution in [3.05, 3.63) is 53.5 Å². The maximum Gasteiger partial charge on any atom is 0.207 e. The lowest BCUT2D eigenvalue weighted by Crippen LogP contribution is -2.07. The summed E-state index contributed by atoms with van der Waals surface area (Å²) in [6.45, 7) is 6.36. The van der Waals surface area contributed by atoms with Crippen molar-refractivity contribution in [2.24, 2.45) is 0 Å². The molecule has 0 fully saturated rings. The lowest BCUT2D eigenvalue weighted by Gasteiger charge is -2.14. The molecule has 3 rings (SSSR count). The van der Waals surface area contributed by atoms with Gasteiger partial charge in [-0.25, -0.2) is 9.97 Å². The van der Waals surface area contributed by atoms with Gasteiger partial charge in [-0.05, 0) is 5.41 Å². The van der Waals surface area contributed by atoms with E-state index < -0.39 is 10.8 Å². The quantitative estimate of drug-likeness (QED) is 0.702. The van der Waals surface area contributed by atoms with Crippen LogP contribution in [0.2, 0.25) is 0 Å². The number of oxazole rings is 1. The van der Waals surface area contributed by atoms with E-state index in [1.165, 1.54) is 11.3 Å². The smallest absolute Gasteiger partial charge is 0.207 e. The van der Waals surface area contributed by atoms with Gasteiger partial charge >= 0.3 is 0 Å². The summed E-state index contributed by atoms with van der Waals surface area (Å²) in [5, 5.41) is 0. The van der Waals surface area contributed by atoms with Gasteiger partial charge in [0.05, 0.1) is 17.0 Å². The highest BCUT2D eigenvalue weighted by Gasteiger charge is 2.20. The molecular formula is C17H18N2O2S2. The van der Waals surface area contributed by atoms with Gasteiger partial charge in [0.25, 0.3) is 0 Å². The van der Waals surface area contributed by atoms with Gasteiger partial charge in [-0.2, -0.15) is 0 Å². The van der Waals surface area contributed by atoms with E-state index in [4.69, 9.17) is 4.42 Å². The number of hydrogen-bond acceptors (Lipinski definition) is 5. The molecule has 1 unspecified atom stereocenters. The summed E-state index contributed by atoms with van der Waals surface area (Å²) in [5.74, 6) is 1.39. The van der Waals surface area contributed by atoms with Crippen LogP contribution in [0.5, 0.6) is 0 Å². The molecule has 0 saturated carbocycles. The lowest BCUT2D eigenvalue weighted by molar-refractivity contribution is 0.527. The van der Waals surface area contributed by atoms with Crippen LogP contribution in [0.1, 0.15) is 31.5 Å². The van der Waals surface area contributed by atoms with Gasteiger partial charge in [-0.15, -0.1) is 11.3 Å². The highest BCUT2D eigenvalue weighted by molar-refractivity contribution is 7.86. The SMILES string of the molecule is CC(C)(C)c1cnc(S(=O)Cc2ncc(-c3ccccc3)o2)s1. The molecule has 0 spiro atoms. The topological polar surface area (TPSA) is 56.0 Å². The summed E-state index contributed by atoms with van der Waals surface area (Å²) < 4.78 is 18.8. The standard InChI is InChI=1S/C17H18N2O2S2/c1-17(2,3)14-10-19-16(22-14)23(20)11-15-18-9-13(21-15)12-7-5-4-6-8-12/h4-10H,11H2,1-3H3. The first-order chi connectivity index (χ1) is 10.9. The van der Waals surface area contributed by atoms with E-state index in [0.29, 0.717) is 16.0 Å². The minimum Gasteiger partial charge on any atom is -0.440 e. The van der Waals surface area contributed by atoms with Crippen LogP contribution >= 0.6 is 11.3 Å². The molecule has 23 heavy (non-hydrogen) atoms. The fourth-order valence-electron chi connectivity index (χ4n) is 2.00. The zero-order valence-electron chi connectivity index (χ0n) is 13.3. The highest BCUT2D eigenvalue weighted by atomic mass is 32.2. The molecule has 1 atom stereocenters. The summed E-state index contributed by atoms with van der Waals surface area (Å²) >= 11 is 1.49. The van der Waals surface area contributed by atoms with E-state index in [1.807, 2.05) is 36.5 Å². The van der Waals surface area contributed by atoms with Gasteiger partial charge in [-0.3, -0.25) is 4.21 Å².